The van der Waals surface area contributed by atoms with Gasteiger partial charge in [0.1, 0.15) is 30.2 Å². The molecule has 15 heteroatoms. The first-order valence-corrected chi connectivity index (χ1v) is 19.0. The number of rotatable bonds is 14. The molecular formula is C28H33ClF2N6O4SSi. The maximum absolute atomic E-state index is 13.2. The summed E-state index contributed by atoms with van der Waals surface area (Å²) in [7, 11) is -6.25. The molecule has 0 bridgehead atoms. The second-order valence-electron chi connectivity index (χ2n) is 10.9. The van der Waals surface area contributed by atoms with Crippen molar-refractivity contribution < 1.29 is 26.7 Å². The SMILES string of the molecule is C[C@H](Oc1cc(-c2cc(Nc3cnccn3)n(COCC[Si](C)(C)C)n2)ccc1NS(=O)(=O)C(F)F)c1ccc(Cl)cc1. The van der Waals surface area contributed by atoms with E-state index in [9.17, 15) is 17.2 Å². The van der Waals surface area contributed by atoms with Gasteiger partial charge in [0, 0.05) is 43.7 Å². The van der Waals surface area contributed by atoms with Crippen molar-refractivity contribution in [1.29, 1.82) is 0 Å². The highest BCUT2D eigenvalue weighted by atomic mass is 35.5. The van der Waals surface area contributed by atoms with Crippen LogP contribution >= 0.6 is 11.6 Å². The van der Waals surface area contributed by atoms with E-state index in [0.29, 0.717) is 34.5 Å². The Kier molecular flexibility index (Phi) is 10.4. The lowest BCUT2D eigenvalue weighted by molar-refractivity contribution is 0.0803. The Balaban J connectivity index is 1.68. The minimum atomic E-state index is -4.96. The Morgan fingerprint density at radius 1 is 1.07 bits per heavy atom. The van der Waals surface area contributed by atoms with E-state index in [-0.39, 0.29) is 18.2 Å². The van der Waals surface area contributed by atoms with Crippen molar-refractivity contribution in [3.8, 4) is 17.0 Å². The van der Waals surface area contributed by atoms with Crippen LogP contribution in [0.1, 0.15) is 18.6 Å². The quantitative estimate of drug-likeness (QED) is 0.109. The molecule has 0 spiro atoms. The fourth-order valence-corrected chi connectivity index (χ4v) is 5.28. The first-order chi connectivity index (χ1) is 20.3. The number of ether oxygens (including phenoxy) is 2. The molecule has 2 N–H and O–H groups in total. The number of hydrogen-bond acceptors (Lipinski definition) is 8. The Labute approximate surface area is 255 Å². The average molecular weight is 651 g/mol. The third-order valence-corrected chi connectivity index (χ3v) is 9.15. The number of hydrogen-bond donors (Lipinski definition) is 2. The van der Waals surface area contributed by atoms with E-state index in [1.807, 2.05) is 4.72 Å². The predicted molar refractivity (Wildman–Crippen MR) is 166 cm³/mol. The van der Waals surface area contributed by atoms with Gasteiger partial charge in [0.2, 0.25) is 0 Å². The predicted octanol–water partition coefficient (Wildman–Crippen LogP) is 7.15. The van der Waals surface area contributed by atoms with Gasteiger partial charge in [0.15, 0.2) is 0 Å². The van der Waals surface area contributed by atoms with E-state index in [4.69, 9.17) is 26.2 Å². The standard InChI is InChI=1S/C28H33ClF2N6O4SSi/c1-19(20-5-8-22(29)9-6-20)41-25-15-21(7-10-23(25)36-42(38,39)28(30)31)24-16-27(34-26-17-32-11-12-33-26)37(35-24)18-40-13-14-43(2,3)4/h5-12,15-17,19,28,36H,13-14,18H2,1-4H3,(H,33,34)/t19-/m0/s1. The van der Waals surface area contributed by atoms with Gasteiger partial charge in [-0.3, -0.25) is 9.71 Å². The van der Waals surface area contributed by atoms with E-state index in [0.717, 1.165) is 11.6 Å². The lowest BCUT2D eigenvalue weighted by atomic mass is 10.1. The maximum Gasteiger partial charge on any atom is 0.355 e. The molecular weight excluding hydrogens is 618 g/mol. The summed E-state index contributed by atoms with van der Waals surface area (Å²) in [6, 6.07) is 14.1. The van der Waals surface area contributed by atoms with Gasteiger partial charge in [-0.1, -0.05) is 49.4 Å². The smallest absolute Gasteiger partial charge is 0.355 e. The zero-order valence-electron chi connectivity index (χ0n) is 24.1. The second-order valence-corrected chi connectivity index (χ2v) is 18.6. The molecule has 10 nitrogen and oxygen atoms in total. The van der Waals surface area contributed by atoms with E-state index in [1.165, 1.54) is 6.07 Å². The first kappa shape index (κ1) is 32.3. The normalized spacial score (nSPS) is 12.7. The van der Waals surface area contributed by atoms with Crippen LogP contribution in [0.15, 0.2) is 67.1 Å². The van der Waals surface area contributed by atoms with Crippen molar-refractivity contribution >= 4 is 47.0 Å². The molecule has 0 saturated carbocycles. The van der Waals surface area contributed by atoms with Crippen LogP contribution in [0.3, 0.4) is 0 Å². The Bertz CT molecular complexity index is 1620. The topological polar surface area (TPSA) is 120 Å². The Morgan fingerprint density at radius 3 is 2.47 bits per heavy atom. The molecule has 2 heterocycles. The van der Waals surface area contributed by atoms with Gasteiger partial charge in [0.05, 0.1) is 17.6 Å². The molecule has 2 aromatic heterocycles. The molecule has 2 aromatic carbocycles. The number of anilines is 3. The molecule has 1 atom stereocenters. The summed E-state index contributed by atoms with van der Waals surface area (Å²) in [6.07, 6.45) is 4.11. The number of sulfonamides is 1. The lowest BCUT2D eigenvalue weighted by Gasteiger charge is -2.19. The molecule has 0 unspecified atom stereocenters. The summed E-state index contributed by atoms with van der Waals surface area (Å²) in [5.41, 5.74) is 1.64. The molecule has 0 radical (unpaired) electrons. The summed E-state index contributed by atoms with van der Waals surface area (Å²) in [5, 5.41) is 8.42. The number of benzene rings is 2. The lowest BCUT2D eigenvalue weighted by Crippen LogP contribution is -2.22. The highest BCUT2D eigenvalue weighted by molar-refractivity contribution is 7.93. The maximum atomic E-state index is 13.2. The number of aromatic nitrogens is 4. The summed E-state index contributed by atoms with van der Waals surface area (Å²) in [4.78, 5) is 8.35. The molecule has 0 aliphatic rings. The van der Waals surface area contributed by atoms with Gasteiger partial charge in [-0.2, -0.15) is 13.9 Å². The number of halogens is 3. The fourth-order valence-electron chi connectivity index (χ4n) is 3.83. The molecule has 0 amide bonds. The van der Waals surface area contributed by atoms with Crippen molar-refractivity contribution in [2.45, 2.75) is 51.2 Å². The van der Waals surface area contributed by atoms with Gasteiger partial charge < -0.3 is 14.8 Å². The molecule has 0 aliphatic heterocycles. The minimum Gasteiger partial charge on any atom is -0.484 e. The third kappa shape index (κ3) is 9.19. The molecule has 0 aliphatic carbocycles. The summed E-state index contributed by atoms with van der Waals surface area (Å²) in [5.74, 6) is -2.52. The minimum absolute atomic E-state index is 0.0357. The second kappa shape index (κ2) is 13.8. The van der Waals surface area contributed by atoms with E-state index >= 15 is 0 Å². The zero-order valence-corrected chi connectivity index (χ0v) is 26.7. The molecule has 0 saturated heterocycles. The molecule has 4 aromatic rings. The average Bonchev–Trinajstić information content (AvgIpc) is 3.34. The van der Waals surface area contributed by atoms with Crippen molar-refractivity contribution in [2.24, 2.45) is 0 Å². The van der Waals surface area contributed by atoms with Crippen LogP contribution in [0.25, 0.3) is 11.3 Å². The zero-order chi connectivity index (χ0) is 31.2. The molecule has 0 fully saturated rings. The van der Waals surface area contributed by atoms with Gasteiger partial charge >= 0.3 is 5.76 Å². The van der Waals surface area contributed by atoms with Crippen molar-refractivity contribution in [3.63, 3.8) is 0 Å². The van der Waals surface area contributed by atoms with Crippen LogP contribution in [-0.2, 0) is 21.5 Å². The summed E-state index contributed by atoms with van der Waals surface area (Å²) >= 11 is 6.00. The Morgan fingerprint density at radius 2 is 1.81 bits per heavy atom. The van der Waals surface area contributed by atoms with Crippen LogP contribution < -0.4 is 14.8 Å². The van der Waals surface area contributed by atoms with E-state index in [1.54, 1.807) is 72.7 Å². The van der Waals surface area contributed by atoms with Crippen LogP contribution in [0.5, 0.6) is 5.75 Å². The van der Waals surface area contributed by atoms with Crippen LogP contribution in [0, 0.1) is 0 Å². The highest BCUT2D eigenvalue weighted by Gasteiger charge is 2.26. The van der Waals surface area contributed by atoms with Gasteiger partial charge in [-0.05, 0) is 42.8 Å². The number of alkyl halides is 2. The fraction of sp³-hybridized carbons (Fsp3) is 0.321. The first-order valence-electron chi connectivity index (χ1n) is 13.4. The summed E-state index contributed by atoms with van der Waals surface area (Å²) < 4.78 is 66.1. The number of nitrogens with zero attached hydrogens (tertiary/aromatic N) is 4. The Hall–Kier alpha value is -3.59. The molecule has 230 valence electrons. The van der Waals surface area contributed by atoms with Crippen molar-refractivity contribution in [2.75, 3.05) is 16.6 Å². The van der Waals surface area contributed by atoms with Gasteiger partial charge in [-0.15, -0.1) is 0 Å². The van der Waals surface area contributed by atoms with Crippen LogP contribution in [-0.4, -0.2) is 48.6 Å². The van der Waals surface area contributed by atoms with Crippen molar-refractivity contribution in [1.82, 2.24) is 19.7 Å². The third-order valence-electron chi connectivity index (χ3n) is 6.22. The summed E-state index contributed by atoms with van der Waals surface area (Å²) in [6.45, 7) is 9.29. The van der Waals surface area contributed by atoms with Crippen molar-refractivity contribution in [3.05, 3.63) is 77.7 Å². The monoisotopic (exact) mass is 650 g/mol. The van der Waals surface area contributed by atoms with E-state index < -0.39 is 30.0 Å². The van der Waals surface area contributed by atoms with Gasteiger partial charge in [-0.25, -0.2) is 18.1 Å². The molecule has 4 rings (SSSR count). The molecule has 43 heavy (non-hydrogen) atoms. The largest absolute Gasteiger partial charge is 0.484 e. The number of nitrogens with one attached hydrogen (secondary N) is 2. The van der Waals surface area contributed by atoms with E-state index in [2.05, 4.69) is 34.9 Å². The van der Waals surface area contributed by atoms with Crippen LogP contribution in [0.2, 0.25) is 30.7 Å². The highest BCUT2D eigenvalue weighted by Crippen LogP contribution is 2.36. The van der Waals surface area contributed by atoms with Gasteiger partial charge in [0.25, 0.3) is 10.0 Å². The van der Waals surface area contributed by atoms with Crippen LogP contribution in [0.4, 0.5) is 26.1 Å².